The Labute approximate surface area is 104 Å². The smallest absolute Gasteiger partial charge is 0.237 e. The fourth-order valence-corrected chi connectivity index (χ4v) is 1.98. The van der Waals surface area contributed by atoms with Crippen LogP contribution >= 0.6 is 0 Å². The molecule has 1 amide bonds. The minimum atomic E-state index is -0.589. The summed E-state index contributed by atoms with van der Waals surface area (Å²) in [6, 6.07) is 0. The lowest BCUT2D eigenvalue weighted by atomic mass is 9.95. The zero-order valence-electron chi connectivity index (χ0n) is 11.1. The molecule has 0 saturated heterocycles. The van der Waals surface area contributed by atoms with Gasteiger partial charge in [-0.1, -0.05) is 19.8 Å². The molecule has 1 aliphatic rings. The molecule has 1 unspecified atom stereocenters. The van der Waals surface area contributed by atoms with E-state index < -0.39 is 5.54 Å². The zero-order valence-corrected chi connectivity index (χ0v) is 11.1. The second-order valence-electron chi connectivity index (χ2n) is 5.17. The van der Waals surface area contributed by atoms with Crippen molar-refractivity contribution in [3.8, 4) is 0 Å². The van der Waals surface area contributed by atoms with Gasteiger partial charge >= 0.3 is 0 Å². The molecule has 0 aromatic rings. The summed E-state index contributed by atoms with van der Waals surface area (Å²) in [7, 11) is 0. The third kappa shape index (κ3) is 5.50. The van der Waals surface area contributed by atoms with Crippen molar-refractivity contribution in [3.05, 3.63) is 0 Å². The molecule has 1 aliphatic carbocycles. The van der Waals surface area contributed by atoms with Crippen molar-refractivity contribution in [2.45, 2.75) is 51.5 Å². The molecule has 17 heavy (non-hydrogen) atoms. The summed E-state index contributed by atoms with van der Waals surface area (Å²) in [5.41, 5.74) is 4.81. The maximum Gasteiger partial charge on any atom is 0.237 e. The van der Waals surface area contributed by atoms with Gasteiger partial charge in [-0.25, -0.2) is 0 Å². The van der Waals surface area contributed by atoms with Crippen LogP contribution in [0, 0.1) is 5.92 Å². The van der Waals surface area contributed by atoms with E-state index in [-0.39, 0.29) is 5.91 Å². The van der Waals surface area contributed by atoms with Crippen LogP contribution in [-0.4, -0.2) is 31.2 Å². The monoisotopic (exact) mass is 242 g/mol. The van der Waals surface area contributed by atoms with E-state index in [1.54, 1.807) is 0 Å². The van der Waals surface area contributed by atoms with Crippen LogP contribution in [0.1, 0.15) is 46.0 Å². The molecule has 1 saturated carbocycles. The van der Waals surface area contributed by atoms with E-state index in [9.17, 15) is 4.79 Å². The van der Waals surface area contributed by atoms with E-state index in [2.05, 4.69) is 5.32 Å². The van der Waals surface area contributed by atoms with Gasteiger partial charge in [0.05, 0.1) is 5.54 Å². The third-order valence-corrected chi connectivity index (χ3v) is 3.44. The average molecular weight is 242 g/mol. The molecule has 0 bridgehead atoms. The van der Waals surface area contributed by atoms with Gasteiger partial charge < -0.3 is 15.8 Å². The first-order chi connectivity index (χ1) is 8.08. The van der Waals surface area contributed by atoms with Gasteiger partial charge in [-0.2, -0.15) is 0 Å². The Hall–Kier alpha value is -0.610. The lowest BCUT2D eigenvalue weighted by molar-refractivity contribution is -0.124. The third-order valence-electron chi connectivity index (χ3n) is 3.44. The van der Waals surface area contributed by atoms with Crippen LogP contribution in [0.3, 0.4) is 0 Å². The predicted molar refractivity (Wildman–Crippen MR) is 68.7 cm³/mol. The molecule has 0 aromatic carbocycles. The summed E-state index contributed by atoms with van der Waals surface area (Å²) in [4.78, 5) is 11.3. The molecule has 4 nitrogen and oxygen atoms in total. The van der Waals surface area contributed by atoms with E-state index in [4.69, 9.17) is 10.5 Å². The van der Waals surface area contributed by atoms with Gasteiger partial charge in [0.1, 0.15) is 0 Å². The number of rotatable bonds is 10. The molecule has 1 rings (SSSR count). The topological polar surface area (TPSA) is 64.3 Å². The van der Waals surface area contributed by atoms with Crippen LogP contribution in [0.5, 0.6) is 0 Å². The standard InChI is InChI=1S/C13H26N2O2/c1-3-15-13(2,12(14)16)8-4-9-17-10-7-11-5-6-11/h11,15H,3-10H2,1-2H3,(H2,14,16). The van der Waals surface area contributed by atoms with Gasteiger partial charge in [-0.05, 0) is 38.6 Å². The summed E-state index contributed by atoms with van der Waals surface area (Å²) in [5.74, 6) is 0.643. The van der Waals surface area contributed by atoms with Crippen molar-refractivity contribution >= 4 is 5.91 Å². The number of carbonyl (C=O) groups excluding carboxylic acids is 1. The largest absolute Gasteiger partial charge is 0.381 e. The van der Waals surface area contributed by atoms with E-state index in [1.807, 2.05) is 13.8 Å². The number of ether oxygens (including phenoxy) is 1. The second kappa shape index (κ2) is 6.97. The zero-order chi connectivity index (χ0) is 12.7. The maximum atomic E-state index is 11.3. The number of hydrogen-bond acceptors (Lipinski definition) is 3. The SMILES string of the molecule is CCNC(C)(CCCOCCC1CC1)C(N)=O. The fraction of sp³-hybridized carbons (Fsp3) is 0.923. The molecule has 3 N–H and O–H groups in total. The van der Waals surface area contributed by atoms with Crippen LogP contribution < -0.4 is 11.1 Å². The van der Waals surface area contributed by atoms with Crippen LogP contribution in [0.4, 0.5) is 0 Å². The number of likely N-dealkylation sites (N-methyl/N-ethyl adjacent to an activating group) is 1. The Bertz CT molecular complexity index is 242. The van der Waals surface area contributed by atoms with Crippen molar-refractivity contribution in [2.75, 3.05) is 19.8 Å². The molecule has 0 spiro atoms. The van der Waals surface area contributed by atoms with Gasteiger partial charge in [-0.3, -0.25) is 4.79 Å². The minimum absolute atomic E-state index is 0.280. The summed E-state index contributed by atoms with van der Waals surface area (Å²) in [6.45, 7) is 6.18. The van der Waals surface area contributed by atoms with Gasteiger partial charge in [0.2, 0.25) is 5.91 Å². The number of primary amides is 1. The number of nitrogens with two attached hydrogens (primary N) is 1. The molecule has 0 aliphatic heterocycles. The molecule has 4 heteroatoms. The number of nitrogens with one attached hydrogen (secondary N) is 1. The van der Waals surface area contributed by atoms with E-state index in [1.165, 1.54) is 19.3 Å². The van der Waals surface area contributed by atoms with Crippen molar-refractivity contribution < 1.29 is 9.53 Å². The first-order valence-corrected chi connectivity index (χ1v) is 6.71. The van der Waals surface area contributed by atoms with Gasteiger partial charge in [0, 0.05) is 13.2 Å². The summed E-state index contributed by atoms with van der Waals surface area (Å²) < 4.78 is 5.56. The molecule has 100 valence electrons. The Morgan fingerprint density at radius 1 is 1.47 bits per heavy atom. The van der Waals surface area contributed by atoms with Crippen LogP contribution in [-0.2, 0) is 9.53 Å². The van der Waals surface area contributed by atoms with Gasteiger partial charge in [0.15, 0.2) is 0 Å². The van der Waals surface area contributed by atoms with E-state index >= 15 is 0 Å². The quantitative estimate of drug-likeness (QED) is 0.570. The summed E-state index contributed by atoms with van der Waals surface area (Å²) >= 11 is 0. The normalized spacial score (nSPS) is 18.9. The van der Waals surface area contributed by atoms with E-state index in [0.717, 1.165) is 38.5 Å². The lowest BCUT2D eigenvalue weighted by Gasteiger charge is -2.26. The molecular weight excluding hydrogens is 216 g/mol. The second-order valence-corrected chi connectivity index (χ2v) is 5.17. The average Bonchev–Trinajstić information content (AvgIpc) is 3.07. The predicted octanol–water partition coefficient (Wildman–Crippen LogP) is 1.44. The van der Waals surface area contributed by atoms with Crippen LogP contribution in [0.15, 0.2) is 0 Å². The van der Waals surface area contributed by atoms with Crippen molar-refractivity contribution in [2.24, 2.45) is 11.7 Å². The minimum Gasteiger partial charge on any atom is -0.381 e. The highest BCUT2D eigenvalue weighted by Crippen LogP contribution is 2.32. The molecular formula is C13H26N2O2. The highest BCUT2D eigenvalue weighted by molar-refractivity contribution is 5.84. The Morgan fingerprint density at radius 2 is 2.18 bits per heavy atom. The Balaban J connectivity index is 2.06. The number of hydrogen-bond donors (Lipinski definition) is 2. The highest BCUT2D eigenvalue weighted by Gasteiger charge is 2.29. The van der Waals surface area contributed by atoms with Crippen molar-refractivity contribution in [3.63, 3.8) is 0 Å². The highest BCUT2D eigenvalue weighted by atomic mass is 16.5. The van der Waals surface area contributed by atoms with Gasteiger partial charge in [0.25, 0.3) is 0 Å². The first-order valence-electron chi connectivity index (χ1n) is 6.71. The van der Waals surface area contributed by atoms with Crippen LogP contribution in [0.2, 0.25) is 0 Å². The Kier molecular flexibility index (Phi) is 5.92. The molecule has 1 atom stereocenters. The Morgan fingerprint density at radius 3 is 2.71 bits per heavy atom. The molecule has 0 heterocycles. The summed E-state index contributed by atoms with van der Waals surface area (Å²) in [5, 5.41) is 3.15. The molecule has 0 aromatic heterocycles. The summed E-state index contributed by atoms with van der Waals surface area (Å²) in [6.07, 6.45) is 5.56. The first kappa shape index (κ1) is 14.5. The number of amides is 1. The lowest BCUT2D eigenvalue weighted by Crippen LogP contribution is -2.53. The molecule has 1 fully saturated rings. The van der Waals surface area contributed by atoms with E-state index in [0.29, 0.717) is 0 Å². The number of carbonyl (C=O) groups is 1. The van der Waals surface area contributed by atoms with Crippen LogP contribution in [0.25, 0.3) is 0 Å². The maximum absolute atomic E-state index is 11.3. The fourth-order valence-electron chi connectivity index (χ4n) is 1.98. The van der Waals surface area contributed by atoms with Crippen molar-refractivity contribution in [1.29, 1.82) is 0 Å². The molecule has 0 radical (unpaired) electrons. The van der Waals surface area contributed by atoms with Gasteiger partial charge in [-0.15, -0.1) is 0 Å². The van der Waals surface area contributed by atoms with Crippen molar-refractivity contribution in [1.82, 2.24) is 5.32 Å².